The summed E-state index contributed by atoms with van der Waals surface area (Å²) in [6.07, 6.45) is 0. The molecule has 4 heteroatoms. The molecule has 0 aromatic heterocycles. The van der Waals surface area contributed by atoms with E-state index in [2.05, 4.69) is 0 Å². The van der Waals surface area contributed by atoms with Crippen LogP contribution < -0.4 is 4.90 Å². The van der Waals surface area contributed by atoms with Crippen molar-refractivity contribution in [3.63, 3.8) is 0 Å². The summed E-state index contributed by atoms with van der Waals surface area (Å²) in [5.41, 5.74) is 0.789. The van der Waals surface area contributed by atoms with Crippen molar-refractivity contribution in [2.45, 2.75) is 26.8 Å². The molecule has 0 aliphatic heterocycles. The summed E-state index contributed by atoms with van der Waals surface area (Å²) < 4.78 is 18.8. The second-order valence-corrected chi connectivity index (χ2v) is 4.47. The molecule has 0 radical (unpaired) electrons. The summed E-state index contributed by atoms with van der Waals surface area (Å²) in [7, 11) is 1.62. The molecule has 0 amide bonds. The van der Waals surface area contributed by atoms with Gasteiger partial charge in [-0.05, 0) is 32.9 Å². The van der Waals surface area contributed by atoms with Gasteiger partial charge in [-0.1, -0.05) is 6.07 Å². The molecule has 0 saturated carbocycles. The second kappa shape index (κ2) is 6.50. The first-order valence-electron chi connectivity index (χ1n) is 6.04. The third kappa shape index (κ3) is 3.29. The van der Waals surface area contributed by atoms with E-state index in [4.69, 9.17) is 4.74 Å². The van der Waals surface area contributed by atoms with E-state index < -0.39 is 5.82 Å². The molecule has 0 N–H and O–H groups in total. The Bertz CT molecular complexity index is 418. The first-order chi connectivity index (χ1) is 8.49. The van der Waals surface area contributed by atoms with Crippen LogP contribution >= 0.6 is 0 Å². The Balaban J connectivity index is 3.19. The number of ether oxygens (including phenoxy) is 1. The molecule has 1 aromatic rings. The third-order valence-electron chi connectivity index (χ3n) is 2.81. The Morgan fingerprint density at radius 2 is 2.11 bits per heavy atom. The number of nitrogens with zero attached hydrogens (tertiary/aromatic N) is 1. The summed E-state index contributed by atoms with van der Waals surface area (Å²) in [6.45, 7) is 6.55. The van der Waals surface area contributed by atoms with Crippen LogP contribution in [0.4, 0.5) is 10.1 Å². The molecule has 0 aliphatic carbocycles. The topological polar surface area (TPSA) is 29.5 Å². The quantitative estimate of drug-likeness (QED) is 0.730. The largest absolute Gasteiger partial charge is 0.383 e. The molecular formula is C14H20FNO2. The van der Waals surface area contributed by atoms with Gasteiger partial charge in [0.25, 0.3) is 0 Å². The van der Waals surface area contributed by atoms with Crippen LogP contribution in [0.1, 0.15) is 31.1 Å². The number of methoxy groups -OCH3 is 1. The number of carbonyl (C=O) groups excluding carboxylic acids is 1. The van der Waals surface area contributed by atoms with Crippen LogP contribution in [-0.4, -0.2) is 32.1 Å². The molecule has 18 heavy (non-hydrogen) atoms. The maximum atomic E-state index is 13.8. The van der Waals surface area contributed by atoms with Gasteiger partial charge in [-0.2, -0.15) is 0 Å². The van der Waals surface area contributed by atoms with Gasteiger partial charge in [0.05, 0.1) is 17.9 Å². The number of benzene rings is 1. The molecule has 1 rings (SSSR count). The van der Waals surface area contributed by atoms with Gasteiger partial charge in [-0.15, -0.1) is 0 Å². The van der Waals surface area contributed by atoms with Crippen LogP contribution in [-0.2, 0) is 4.74 Å². The average molecular weight is 253 g/mol. The van der Waals surface area contributed by atoms with E-state index in [0.717, 1.165) is 0 Å². The minimum Gasteiger partial charge on any atom is -0.383 e. The highest BCUT2D eigenvalue weighted by Gasteiger charge is 2.19. The number of hydrogen-bond acceptors (Lipinski definition) is 3. The number of Topliss-reactive ketones (excluding diaryl/α,β-unsaturated/α-hetero) is 1. The fraction of sp³-hybridized carbons (Fsp3) is 0.500. The van der Waals surface area contributed by atoms with Gasteiger partial charge < -0.3 is 9.64 Å². The van der Waals surface area contributed by atoms with Crippen molar-refractivity contribution in [3.05, 3.63) is 29.6 Å². The number of anilines is 1. The van der Waals surface area contributed by atoms with Gasteiger partial charge in [0.1, 0.15) is 5.82 Å². The number of ketones is 1. The molecule has 0 unspecified atom stereocenters. The second-order valence-electron chi connectivity index (χ2n) is 4.47. The van der Waals surface area contributed by atoms with Crippen molar-refractivity contribution < 1.29 is 13.9 Å². The Kier molecular flexibility index (Phi) is 5.28. The van der Waals surface area contributed by atoms with Crippen molar-refractivity contribution in [1.29, 1.82) is 0 Å². The highest BCUT2D eigenvalue weighted by Crippen LogP contribution is 2.25. The van der Waals surface area contributed by atoms with Gasteiger partial charge in [0.15, 0.2) is 5.78 Å². The van der Waals surface area contributed by atoms with Crippen LogP contribution in [0.25, 0.3) is 0 Å². The molecule has 100 valence electrons. The average Bonchev–Trinajstić information content (AvgIpc) is 2.28. The number of hydrogen-bond donors (Lipinski definition) is 0. The minimum absolute atomic E-state index is 0.155. The molecule has 0 bridgehead atoms. The fourth-order valence-corrected chi connectivity index (χ4v) is 1.95. The fourth-order valence-electron chi connectivity index (χ4n) is 1.95. The molecule has 3 nitrogen and oxygen atoms in total. The molecule has 1 aromatic carbocycles. The SMILES string of the molecule is COCCN(c1cccc(F)c1C(C)=O)C(C)C. The first kappa shape index (κ1) is 14.6. The monoisotopic (exact) mass is 253 g/mol. The van der Waals surface area contributed by atoms with E-state index in [-0.39, 0.29) is 17.4 Å². The zero-order valence-electron chi connectivity index (χ0n) is 11.4. The predicted octanol–water partition coefficient (Wildman–Crippen LogP) is 2.89. The van der Waals surface area contributed by atoms with Gasteiger partial charge in [-0.3, -0.25) is 4.79 Å². The van der Waals surface area contributed by atoms with Crippen molar-refractivity contribution in [3.8, 4) is 0 Å². The van der Waals surface area contributed by atoms with Crippen LogP contribution in [0.3, 0.4) is 0 Å². The van der Waals surface area contributed by atoms with E-state index in [1.807, 2.05) is 18.7 Å². The zero-order chi connectivity index (χ0) is 13.7. The van der Waals surface area contributed by atoms with E-state index in [1.165, 1.54) is 13.0 Å². The Hall–Kier alpha value is -1.42. The van der Waals surface area contributed by atoms with Crippen molar-refractivity contribution in [2.24, 2.45) is 0 Å². The summed E-state index contributed by atoms with van der Waals surface area (Å²) in [5, 5.41) is 0. The summed E-state index contributed by atoms with van der Waals surface area (Å²) >= 11 is 0. The standard InChI is InChI=1S/C14H20FNO2/c1-10(2)16(8-9-18-4)13-7-5-6-12(15)14(13)11(3)17/h5-7,10H,8-9H2,1-4H3. The van der Waals surface area contributed by atoms with E-state index in [1.54, 1.807) is 19.2 Å². The van der Waals surface area contributed by atoms with E-state index in [9.17, 15) is 9.18 Å². The minimum atomic E-state index is -0.469. The zero-order valence-corrected chi connectivity index (χ0v) is 11.4. The maximum Gasteiger partial charge on any atom is 0.164 e. The smallest absolute Gasteiger partial charge is 0.164 e. The molecule has 0 saturated heterocycles. The summed E-state index contributed by atoms with van der Waals surface area (Å²) in [4.78, 5) is 13.6. The van der Waals surface area contributed by atoms with Crippen molar-refractivity contribution in [1.82, 2.24) is 0 Å². The van der Waals surface area contributed by atoms with Crippen LogP contribution in [0.15, 0.2) is 18.2 Å². The molecule has 0 spiro atoms. The Labute approximate surface area is 108 Å². The maximum absolute atomic E-state index is 13.8. The van der Waals surface area contributed by atoms with Gasteiger partial charge >= 0.3 is 0 Å². The lowest BCUT2D eigenvalue weighted by Gasteiger charge is -2.30. The van der Waals surface area contributed by atoms with E-state index in [0.29, 0.717) is 18.8 Å². The number of carbonyl (C=O) groups is 1. The summed E-state index contributed by atoms with van der Waals surface area (Å²) in [6, 6.07) is 4.88. The third-order valence-corrected chi connectivity index (χ3v) is 2.81. The molecule has 0 aliphatic rings. The molecular weight excluding hydrogens is 233 g/mol. The number of halogens is 1. The first-order valence-corrected chi connectivity index (χ1v) is 6.04. The van der Waals surface area contributed by atoms with Gasteiger partial charge in [-0.25, -0.2) is 4.39 Å². The van der Waals surface area contributed by atoms with Crippen molar-refractivity contribution >= 4 is 11.5 Å². The number of rotatable bonds is 6. The van der Waals surface area contributed by atoms with Crippen molar-refractivity contribution in [2.75, 3.05) is 25.2 Å². The summed E-state index contributed by atoms with van der Waals surface area (Å²) in [5.74, 6) is -0.728. The van der Waals surface area contributed by atoms with Gasteiger partial charge in [0.2, 0.25) is 0 Å². The molecule has 0 atom stereocenters. The lowest BCUT2D eigenvalue weighted by molar-refractivity contribution is 0.101. The predicted molar refractivity (Wildman–Crippen MR) is 70.8 cm³/mol. The molecule has 0 fully saturated rings. The van der Waals surface area contributed by atoms with Crippen LogP contribution in [0.2, 0.25) is 0 Å². The van der Waals surface area contributed by atoms with Crippen LogP contribution in [0, 0.1) is 5.82 Å². The lowest BCUT2D eigenvalue weighted by atomic mass is 10.1. The Morgan fingerprint density at radius 3 is 2.61 bits per heavy atom. The van der Waals surface area contributed by atoms with Gasteiger partial charge in [0, 0.05) is 19.7 Å². The van der Waals surface area contributed by atoms with E-state index >= 15 is 0 Å². The molecule has 0 heterocycles. The lowest BCUT2D eigenvalue weighted by Crippen LogP contribution is -2.35. The Morgan fingerprint density at radius 1 is 1.44 bits per heavy atom. The highest BCUT2D eigenvalue weighted by atomic mass is 19.1. The normalized spacial score (nSPS) is 10.8. The highest BCUT2D eigenvalue weighted by molar-refractivity contribution is 6.00. The van der Waals surface area contributed by atoms with Crippen LogP contribution in [0.5, 0.6) is 0 Å².